The van der Waals surface area contributed by atoms with Gasteiger partial charge in [0.05, 0.1) is 6.61 Å². The number of aliphatic carboxylic acids is 1. The third-order valence-electron chi connectivity index (χ3n) is 4.46. The zero-order valence-electron chi connectivity index (χ0n) is 11.8. The Balaban J connectivity index is 1.82. The van der Waals surface area contributed by atoms with Crippen molar-refractivity contribution in [3.8, 4) is 0 Å². The van der Waals surface area contributed by atoms with Crippen LogP contribution in [-0.2, 0) is 20.7 Å². The summed E-state index contributed by atoms with van der Waals surface area (Å²) in [6.45, 7) is 0.481. The van der Waals surface area contributed by atoms with Gasteiger partial charge in [-0.3, -0.25) is 4.79 Å². The quantitative estimate of drug-likeness (QED) is 0.890. The van der Waals surface area contributed by atoms with Gasteiger partial charge < -0.3 is 15.2 Å². The van der Waals surface area contributed by atoms with E-state index >= 15 is 0 Å². The predicted octanol–water partition coefficient (Wildman–Crippen LogP) is 1.81. The van der Waals surface area contributed by atoms with Gasteiger partial charge >= 0.3 is 5.97 Å². The molecule has 21 heavy (non-hydrogen) atoms. The first-order valence-corrected chi connectivity index (χ1v) is 7.37. The summed E-state index contributed by atoms with van der Waals surface area (Å²) in [6.07, 6.45) is 2.71. The van der Waals surface area contributed by atoms with Crippen LogP contribution >= 0.6 is 0 Å². The summed E-state index contributed by atoms with van der Waals surface area (Å²) < 4.78 is 5.60. The molecule has 1 unspecified atom stereocenters. The van der Waals surface area contributed by atoms with Crippen molar-refractivity contribution in [2.75, 3.05) is 6.61 Å². The van der Waals surface area contributed by atoms with Crippen molar-refractivity contribution < 1.29 is 19.4 Å². The number of hydrogen-bond acceptors (Lipinski definition) is 3. The van der Waals surface area contributed by atoms with E-state index in [0.29, 0.717) is 19.4 Å². The monoisotopic (exact) mass is 289 g/mol. The highest BCUT2D eigenvalue weighted by atomic mass is 16.5. The Morgan fingerprint density at radius 3 is 2.67 bits per heavy atom. The maximum Gasteiger partial charge on any atom is 0.329 e. The van der Waals surface area contributed by atoms with Crippen molar-refractivity contribution in [2.45, 2.75) is 43.7 Å². The minimum absolute atomic E-state index is 0.341. The molecular weight excluding hydrogens is 270 g/mol. The molecule has 2 aliphatic rings. The highest BCUT2D eigenvalue weighted by molar-refractivity contribution is 5.90. The highest BCUT2D eigenvalue weighted by Crippen LogP contribution is 2.32. The fourth-order valence-corrected chi connectivity index (χ4v) is 3.28. The Morgan fingerprint density at radius 1 is 1.24 bits per heavy atom. The van der Waals surface area contributed by atoms with Crippen molar-refractivity contribution in [2.24, 2.45) is 0 Å². The number of carboxylic acids is 1. The van der Waals surface area contributed by atoms with E-state index < -0.39 is 17.6 Å². The summed E-state index contributed by atoms with van der Waals surface area (Å²) >= 11 is 0. The van der Waals surface area contributed by atoms with E-state index in [1.54, 1.807) is 0 Å². The van der Waals surface area contributed by atoms with E-state index in [9.17, 15) is 14.7 Å². The molecule has 3 rings (SSSR count). The van der Waals surface area contributed by atoms with Gasteiger partial charge in [0, 0.05) is 0 Å². The molecule has 1 aliphatic heterocycles. The number of fused-ring (bicyclic) bond motifs is 1. The average Bonchev–Trinajstić information content (AvgIpc) is 2.96. The van der Waals surface area contributed by atoms with Crippen LogP contribution in [0.25, 0.3) is 0 Å². The second kappa shape index (κ2) is 5.48. The number of nitrogens with one attached hydrogen (secondary N) is 1. The lowest BCUT2D eigenvalue weighted by Crippen LogP contribution is -2.54. The minimum atomic E-state index is -1.12. The Labute approximate surface area is 123 Å². The van der Waals surface area contributed by atoms with Crippen LogP contribution in [0.15, 0.2) is 24.3 Å². The van der Waals surface area contributed by atoms with Crippen LogP contribution in [0.4, 0.5) is 0 Å². The largest absolute Gasteiger partial charge is 0.480 e. The molecule has 1 aromatic carbocycles. The number of amides is 1. The summed E-state index contributed by atoms with van der Waals surface area (Å²) in [7, 11) is 0. The van der Waals surface area contributed by atoms with Crippen LogP contribution in [0, 0.1) is 0 Å². The number of hydrogen-bond donors (Lipinski definition) is 2. The lowest BCUT2D eigenvalue weighted by Gasteiger charge is -2.30. The molecule has 5 nitrogen and oxygen atoms in total. The Bertz CT molecular complexity index is 563. The molecule has 1 atom stereocenters. The lowest BCUT2D eigenvalue weighted by atomic mass is 9.94. The molecule has 0 aromatic heterocycles. The molecule has 1 saturated carbocycles. The molecular formula is C16H19NO4. The van der Waals surface area contributed by atoms with Gasteiger partial charge in [0.25, 0.3) is 5.91 Å². The topological polar surface area (TPSA) is 75.6 Å². The number of benzene rings is 1. The van der Waals surface area contributed by atoms with Crippen molar-refractivity contribution >= 4 is 11.9 Å². The predicted molar refractivity (Wildman–Crippen MR) is 75.8 cm³/mol. The fourth-order valence-electron chi connectivity index (χ4n) is 3.28. The summed E-state index contributed by atoms with van der Waals surface area (Å²) in [5.74, 6) is -1.29. The average molecular weight is 289 g/mol. The molecule has 1 aromatic rings. The zero-order valence-corrected chi connectivity index (χ0v) is 11.8. The van der Waals surface area contributed by atoms with E-state index in [0.717, 1.165) is 30.4 Å². The number of carbonyl (C=O) groups is 2. The van der Waals surface area contributed by atoms with Gasteiger partial charge in [0.2, 0.25) is 0 Å². The molecule has 5 heteroatoms. The number of ether oxygens (including phenoxy) is 1. The standard InChI is InChI=1S/C16H19NO4/c18-14(17-16(15(19)20)8-3-4-9-16)13-12-6-2-1-5-11(12)7-10-21-13/h1-2,5-6,13H,3-4,7-10H2,(H,17,18)(H,19,20). The van der Waals surface area contributed by atoms with Gasteiger partial charge in [-0.1, -0.05) is 37.1 Å². The van der Waals surface area contributed by atoms with Crippen LogP contribution in [-0.4, -0.2) is 29.1 Å². The first-order chi connectivity index (χ1) is 10.1. The molecule has 0 spiro atoms. The van der Waals surface area contributed by atoms with Gasteiger partial charge in [-0.15, -0.1) is 0 Å². The normalized spacial score (nSPS) is 23.3. The molecule has 0 radical (unpaired) electrons. The first-order valence-electron chi connectivity index (χ1n) is 7.37. The van der Waals surface area contributed by atoms with Crippen LogP contribution in [0.2, 0.25) is 0 Å². The van der Waals surface area contributed by atoms with Gasteiger partial charge in [0.15, 0.2) is 6.10 Å². The SMILES string of the molecule is O=C(NC1(C(=O)O)CCCC1)C1OCCc2ccccc21. The van der Waals surface area contributed by atoms with E-state index in [4.69, 9.17) is 4.74 Å². The molecule has 1 heterocycles. The minimum Gasteiger partial charge on any atom is -0.480 e. The molecule has 1 amide bonds. The molecule has 0 bridgehead atoms. The van der Waals surface area contributed by atoms with Crippen LogP contribution in [0.3, 0.4) is 0 Å². The van der Waals surface area contributed by atoms with Crippen LogP contribution in [0.1, 0.15) is 42.9 Å². The Morgan fingerprint density at radius 2 is 1.95 bits per heavy atom. The second-order valence-electron chi connectivity index (χ2n) is 5.78. The van der Waals surface area contributed by atoms with Crippen molar-refractivity contribution in [1.29, 1.82) is 0 Å². The molecule has 112 valence electrons. The number of carbonyl (C=O) groups excluding carboxylic acids is 1. The van der Waals surface area contributed by atoms with Gasteiger partial charge in [-0.25, -0.2) is 4.79 Å². The third-order valence-corrected chi connectivity index (χ3v) is 4.46. The lowest BCUT2D eigenvalue weighted by molar-refractivity contribution is -0.150. The van der Waals surface area contributed by atoms with E-state index in [2.05, 4.69) is 5.32 Å². The summed E-state index contributed by atoms with van der Waals surface area (Å²) in [4.78, 5) is 24.1. The third kappa shape index (κ3) is 2.53. The van der Waals surface area contributed by atoms with E-state index in [1.165, 1.54) is 0 Å². The van der Waals surface area contributed by atoms with Crippen LogP contribution in [0.5, 0.6) is 0 Å². The maximum atomic E-state index is 12.5. The number of carboxylic acid groups (broad SMARTS) is 1. The van der Waals surface area contributed by atoms with Crippen molar-refractivity contribution in [1.82, 2.24) is 5.32 Å². The molecule has 2 N–H and O–H groups in total. The first kappa shape index (κ1) is 14.1. The fraction of sp³-hybridized carbons (Fsp3) is 0.500. The molecule has 1 fully saturated rings. The summed E-state index contributed by atoms with van der Waals surface area (Å²) in [5.41, 5.74) is 0.826. The molecule has 0 saturated heterocycles. The maximum absolute atomic E-state index is 12.5. The Hall–Kier alpha value is -1.88. The van der Waals surface area contributed by atoms with Crippen LogP contribution < -0.4 is 5.32 Å². The Kier molecular flexibility index (Phi) is 3.68. The van der Waals surface area contributed by atoms with Crippen molar-refractivity contribution in [3.63, 3.8) is 0 Å². The zero-order chi connectivity index (χ0) is 14.9. The van der Waals surface area contributed by atoms with E-state index in [-0.39, 0.29) is 5.91 Å². The number of rotatable bonds is 3. The van der Waals surface area contributed by atoms with E-state index in [1.807, 2.05) is 24.3 Å². The highest BCUT2D eigenvalue weighted by Gasteiger charge is 2.44. The smallest absolute Gasteiger partial charge is 0.329 e. The van der Waals surface area contributed by atoms with Crippen molar-refractivity contribution in [3.05, 3.63) is 35.4 Å². The van der Waals surface area contributed by atoms with Gasteiger partial charge in [-0.2, -0.15) is 0 Å². The molecule has 1 aliphatic carbocycles. The van der Waals surface area contributed by atoms with Gasteiger partial charge in [-0.05, 0) is 30.4 Å². The second-order valence-corrected chi connectivity index (χ2v) is 5.78. The summed E-state index contributed by atoms with van der Waals surface area (Å²) in [5, 5.41) is 12.2. The van der Waals surface area contributed by atoms with Gasteiger partial charge in [0.1, 0.15) is 5.54 Å². The summed E-state index contributed by atoms with van der Waals surface area (Å²) in [6, 6.07) is 7.67.